The second-order valence-corrected chi connectivity index (χ2v) is 9.41. The molecule has 210 valence electrons. The molecule has 0 saturated heterocycles. The van der Waals surface area contributed by atoms with Crippen LogP contribution in [0.15, 0.2) is 77.6 Å². The van der Waals surface area contributed by atoms with Gasteiger partial charge in [-0.1, -0.05) is 41.9 Å². The van der Waals surface area contributed by atoms with Crippen LogP contribution < -0.4 is 15.6 Å². The molecule has 0 spiro atoms. The highest BCUT2D eigenvalue weighted by molar-refractivity contribution is 6.31. The van der Waals surface area contributed by atoms with E-state index in [1.54, 1.807) is 36.4 Å². The summed E-state index contributed by atoms with van der Waals surface area (Å²) in [5, 5.41) is 7.16. The van der Waals surface area contributed by atoms with Crippen molar-refractivity contribution in [3.8, 4) is 17.0 Å². The van der Waals surface area contributed by atoms with Crippen molar-refractivity contribution >= 4 is 34.9 Å². The molecule has 0 aliphatic heterocycles. The highest BCUT2D eigenvalue weighted by Crippen LogP contribution is 2.33. The number of nitrogens with zero attached hydrogens (tertiary/aromatic N) is 2. The van der Waals surface area contributed by atoms with Crippen molar-refractivity contribution in [1.29, 1.82) is 0 Å². The maximum atomic E-state index is 14.8. The zero-order valence-electron chi connectivity index (χ0n) is 22.3. The van der Waals surface area contributed by atoms with Gasteiger partial charge in [-0.05, 0) is 54.4 Å². The van der Waals surface area contributed by atoms with E-state index in [4.69, 9.17) is 16.3 Å². The second kappa shape index (κ2) is 12.6. The Morgan fingerprint density at radius 2 is 1.73 bits per heavy atom. The maximum absolute atomic E-state index is 14.8. The lowest BCUT2D eigenvalue weighted by Gasteiger charge is -2.21. The van der Waals surface area contributed by atoms with E-state index < -0.39 is 29.3 Å². The lowest BCUT2D eigenvalue weighted by Crippen LogP contribution is -2.36. The van der Waals surface area contributed by atoms with Gasteiger partial charge in [-0.15, -0.1) is 5.10 Å². The Kier molecular flexibility index (Phi) is 8.94. The van der Waals surface area contributed by atoms with Gasteiger partial charge >= 0.3 is 5.97 Å². The minimum absolute atomic E-state index is 0.0276. The number of amides is 1. The summed E-state index contributed by atoms with van der Waals surface area (Å²) in [6.45, 7) is 1.38. The van der Waals surface area contributed by atoms with Crippen molar-refractivity contribution in [2.24, 2.45) is 0 Å². The predicted octanol–water partition coefficient (Wildman–Crippen LogP) is 5.12. The van der Waals surface area contributed by atoms with E-state index in [1.165, 1.54) is 51.5 Å². The number of rotatable bonds is 9. The van der Waals surface area contributed by atoms with Crippen LogP contribution in [0.2, 0.25) is 5.02 Å². The van der Waals surface area contributed by atoms with E-state index in [0.717, 1.165) is 10.7 Å². The summed E-state index contributed by atoms with van der Waals surface area (Å²) in [6.07, 6.45) is 0.0276. The van der Waals surface area contributed by atoms with E-state index in [0.29, 0.717) is 21.7 Å². The lowest BCUT2D eigenvalue weighted by atomic mass is 9.98. The number of Topliss-reactive ketones (excluding diaryl/α,β-unsaturated/α-hetero) is 1. The van der Waals surface area contributed by atoms with Gasteiger partial charge in [0.25, 0.3) is 5.56 Å². The fraction of sp³-hybridized carbons (Fsp3) is 0.167. The van der Waals surface area contributed by atoms with Gasteiger partial charge in [-0.25, -0.2) is 13.9 Å². The summed E-state index contributed by atoms with van der Waals surface area (Å²) in [7, 11) is 2.50. The first-order chi connectivity index (χ1) is 19.6. The number of anilines is 1. The standard InChI is InChI=1S/C30H25ClFN3O6/c1-17(36)21-11-10-20(31)15-22(21)23-16-27(37)35(34-29(23)40-2)26(13-18-7-5-4-6-8-18)28(38)33-25-12-9-19(14-24(25)32)30(39)41-3/h4-12,14-16,26H,13H2,1-3H3,(H,33,38)/t26-/m0/s1. The average molecular weight is 578 g/mol. The van der Waals surface area contributed by atoms with Crippen LogP contribution >= 0.6 is 11.6 Å². The number of carbonyl (C=O) groups excluding carboxylic acids is 3. The van der Waals surface area contributed by atoms with Gasteiger partial charge in [-0.3, -0.25) is 14.4 Å². The van der Waals surface area contributed by atoms with Gasteiger partial charge in [0.2, 0.25) is 11.8 Å². The largest absolute Gasteiger partial charge is 0.480 e. The quantitative estimate of drug-likeness (QED) is 0.217. The Morgan fingerprint density at radius 1 is 1.00 bits per heavy atom. The first-order valence-electron chi connectivity index (χ1n) is 12.3. The van der Waals surface area contributed by atoms with Crippen LogP contribution in [0.3, 0.4) is 0 Å². The predicted molar refractivity (Wildman–Crippen MR) is 151 cm³/mol. The Bertz CT molecular complexity index is 1690. The van der Waals surface area contributed by atoms with Gasteiger partial charge in [0.1, 0.15) is 11.9 Å². The highest BCUT2D eigenvalue weighted by Gasteiger charge is 2.27. The molecule has 1 atom stereocenters. The SMILES string of the molecule is COC(=O)c1ccc(NC(=O)[C@H](Cc2ccccc2)n2nc(OC)c(-c3cc(Cl)ccc3C(C)=O)cc2=O)c(F)c1. The van der Waals surface area contributed by atoms with E-state index >= 15 is 0 Å². The molecule has 0 bridgehead atoms. The maximum Gasteiger partial charge on any atom is 0.337 e. The number of carbonyl (C=O) groups is 3. The molecule has 1 heterocycles. The zero-order chi connectivity index (χ0) is 29.7. The van der Waals surface area contributed by atoms with Crippen LogP contribution in [-0.4, -0.2) is 41.7 Å². The van der Waals surface area contributed by atoms with Crippen molar-refractivity contribution in [2.75, 3.05) is 19.5 Å². The van der Waals surface area contributed by atoms with Crippen LogP contribution in [0.4, 0.5) is 10.1 Å². The highest BCUT2D eigenvalue weighted by atomic mass is 35.5. The van der Waals surface area contributed by atoms with Crippen LogP contribution in [0, 0.1) is 5.82 Å². The third-order valence-corrected chi connectivity index (χ3v) is 6.52. The van der Waals surface area contributed by atoms with Crippen molar-refractivity contribution in [2.45, 2.75) is 19.4 Å². The van der Waals surface area contributed by atoms with Crippen molar-refractivity contribution in [3.05, 3.63) is 111 Å². The van der Waals surface area contributed by atoms with E-state index in [9.17, 15) is 23.6 Å². The molecule has 0 aliphatic carbocycles. The van der Waals surface area contributed by atoms with E-state index in [1.807, 2.05) is 0 Å². The van der Waals surface area contributed by atoms with Gasteiger partial charge in [0.05, 0.1) is 31.0 Å². The molecule has 41 heavy (non-hydrogen) atoms. The van der Waals surface area contributed by atoms with Crippen molar-refractivity contribution < 1.29 is 28.2 Å². The summed E-state index contributed by atoms with van der Waals surface area (Å²) < 4.78 is 25.8. The third kappa shape index (κ3) is 6.50. The summed E-state index contributed by atoms with van der Waals surface area (Å²) in [5.74, 6) is -2.64. The van der Waals surface area contributed by atoms with Gasteiger partial charge in [0, 0.05) is 23.1 Å². The Morgan fingerprint density at radius 3 is 2.37 bits per heavy atom. The summed E-state index contributed by atoms with van der Waals surface area (Å²) in [5.41, 5.74) is 0.652. The molecule has 0 aliphatic rings. The van der Waals surface area contributed by atoms with Crippen molar-refractivity contribution in [3.63, 3.8) is 0 Å². The minimum atomic E-state index is -1.24. The molecule has 1 amide bonds. The molecular formula is C30H25ClFN3O6. The Hall–Kier alpha value is -4.83. The number of nitrogens with one attached hydrogen (secondary N) is 1. The minimum Gasteiger partial charge on any atom is -0.480 e. The summed E-state index contributed by atoms with van der Waals surface area (Å²) >= 11 is 6.18. The Labute approximate surface area is 239 Å². The van der Waals surface area contributed by atoms with Crippen LogP contribution in [0.5, 0.6) is 5.88 Å². The summed E-state index contributed by atoms with van der Waals surface area (Å²) in [4.78, 5) is 51.1. The fourth-order valence-corrected chi connectivity index (χ4v) is 4.44. The molecule has 11 heteroatoms. The second-order valence-electron chi connectivity index (χ2n) is 8.98. The molecular weight excluding hydrogens is 553 g/mol. The number of hydrogen-bond acceptors (Lipinski definition) is 7. The number of aromatic nitrogens is 2. The average Bonchev–Trinajstić information content (AvgIpc) is 2.96. The third-order valence-electron chi connectivity index (χ3n) is 6.28. The van der Waals surface area contributed by atoms with E-state index in [2.05, 4.69) is 15.2 Å². The Balaban J connectivity index is 1.79. The molecule has 3 aromatic carbocycles. The summed E-state index contributed by atoms with van der Waals surface area (Å²) in [6, 6.07) is 17.0. The molecule has 1 aromatic heterocycles. The van der Waals surface area contributed by atoms with Gasteiger partial charge in [-0.2, -0.15) is 0 Å². The number of halogens is 2. The molecule has 4 rings (SSSR count). The molecule has 0 saturated carbocycles. The molecule has 0 radical (unpaired) electrons. The zero-order valence-corrected chi connectivity index (χ0v) is 23.1. The lowest BCUT2D eigenvalue weighted by molar-refractivity contribution is -0.119. The molecule has 9 nitrogen and oxygen atoms in total. The number of ketones is 1. The number of benzene rings is 3. The van der Waals surface area contributed by atoms with Crippen LogP contribution in [-0.2, 0) is 16.0 Å². The number of methoxy groups -OCH3 is 2. The normalized spacial score (nSPS) is 11.4. The smallest absolute Gasteiger partial charge is 0.337 e. The van der Waals surface area contributed by atoms with Gasteiger partial charge < -0.3 is 14.8 Å². The van der Waals surface area contributed by atoms with Crippen LogP contribution in [0.1, 0.15) is 39.2 Å². The number of ether oxygens (including phenoxy) is 2. The number of hydrogen-bond donors (Lipinski definition) is 1. The molecule has 0 fully saturated rings. The van der Waals surface area contributed by atoms with E-state index in [-0.39, 0.29) is 34.9 Å². The van der Waals surface area contributed by atoms with Crippen LogP contribution in [0.25, 0.3) is 11.1 Å². The monoisotopic (exact) mass is 577 g/mol. The van der Waals surface area contributed by atoms with Gasteiger partial charge in [0.15, 0.2) is 5.78 Å². The first kappa shape index (κ1) is 29.2. The molecule has 1 N–H and O–H groups in total. The van der Waals surface area contributed by atoms with Crippen molar-refractivity contribution in [1.82, 2.24) is 9.78 Å². The molecule has 0 unspecified atom stereocenters. The number of esters is 1. The fourth-order valence-electron chi connectivity index (χ4n) is 4.27. The topological polar surface area (TPSA) is 117 Å². The first-order valence-corrected chi connectivity index (χ1v) is 12.7. The molecule has 4 aromatic rings.